The van der Waals surface area contributed by atoms with Crippen molar-refractivity contribution in [2.24, 2.45) is 5.92 Å². The average Bonchev–Trinajstić information content (AvgIpc) is 2.98. The Morgan fingerprint density at radius 3 is 2.05 bits per heavy atom. The Bertz CT molecular complexity index is 225. The lowest BCUT2D eigenvalue weighted by Crippen LogP contribution is -2.21. The molecule has 0 aromatic heterocycles. The van der Waals surface area contributed by atoms with Gasteiger partial charge in [0.1, 0.15) is 0 Å². The molecule has 1 atom stereocenters. The number of rotatable bonds is 12. The van der Waals surface area contributed by atoms with E-state index in [9.17, 15) is 0 Å². The van der Waals surface area contributed by atoms with Gasteiger partial charge in [-0.15, -0.1) is 0 Å². The summed E-state index contributed by atoms with van der Waals surface area (Å²) in [6.07, 6.45) is 17.3. The highest BCUT2D eigenvalue weighted by molar-refractivity contribution is 4.75. The standard InChI is InChI=1S/C18H37N.CHN/c1-3-5-7-8-9-10-11-12-15-19-16-14-18(17-19)13-6-4-2;1-2/h18H,3-17H2,1-2H3;1H. The van der Waals surface area contributed by atoms with Crippen molar-refractivity contribution in [3.05, 3.63) is 0 Å². The van der Waals surface area contributed by atoms with Crippen LogP contribution < -0.4 is 0 Å². The number of unbranched alkanes of at least 4 members (excludes halogenated alkanes) is 8. The van der Waals surface area contributed by atoms with E-state index in [4.69, 9.17) is 5.26 Å². The molecule has 0 aliphatic carbocycles. The molecule has 0 aromatic rings. The molecule has 2 nitrogen and oxygen atoms in total. The molecule has 124 valence electrons. The molecule has 0 bridgehead atoms. The van der Waals surface area contributed by atoms with Crippen molar-refractivity contribution in [1.29, 1.82) is 5.26 Å². The molecule has 2 heteroatoms. The quantitative estimate of drug-likeness (QED) is 0.427. The van der Waals surface area contributed by atoms with Crippen LogP contribution in [0.4, 0.5) is 0 Å². The van der Waals surface area contributed by atoms with E-state index in [1.165, 1.54) is 96.7 Å². The summed E-state index contributed by atoms with van der Waals surface area (Å²) in [6.45, 7) is 12.3. The smallest absolute Gasteiger partial charge is 0.0462 e. The molecule has 0 saturated carbocycles. The highest BCUT2D eigenvalue weighted by Crippen LogP contribution is 2.22. The number of hydrogen-bond donors (Lipinski definition) is 0. The predicted octanol–water partition coefficient (Wildman–Crippen LogP) is 5.78. The molecule has 1 unspecified atom stereocenters. The summed E-state index contributed by atoms with van der Waals surface area (Å²) < 4.78 is 0. The third kappa shape index (κ3) is 11.8. The topological polar surface area (TPSA) is 27.0 Å². The first-order valence-electron chi connectivity index (χ1n) is 9.35. The van der Waals surface area contributed by atoms with Crippen LogP contribution in [0.3, 0.4) is 0 Å². The monoisotopic (exact) mass is 294 g/mol. The van der Waals surface area contributed by atoms with Gasteiger partial charge in [-0.3, -0.25) is 0 Å². The highest BCUT2D eigenvalue weighted by atomic mass is 15.1. The van der Waals surface area contributed by atoms with Gasteiger partial charge in [0, 0.05) is 13.1 Å². The Labute approximate surface area is 133 Å². The SMILES string of the molecule is C#N.CCCCCCCCCCN1CCC(CCCC)C1. The van der Waals surface area contributed by atoms with Crippen LogP contribution in [0.1, 0.15) is 90.9 Å². The first-order valence-corrected chi connectivity index (χ1v) is 9.35. The largest absolute Gasteiger partial charge is 0.303 e. The van der Waals surface area contributed by atoms with Crippen molar-refractivity contribution in [3.63, 3.8) is 0 Å². The molecule has 0 N–H and O–H groups in total. The third-order valence-corrected chi connectivity index (χ3v) is 4.66. The molecule has 0 radical (unpaired) electrons. The zero-order chi connectivity index (χ0) is 15.8. The third-order valence-electron chi connectivity index (χ3n) is 4.66. The Hall–Kier alpha value is -0.550. The minimum Gasteiger partial charge on any atom is -0.303 e. The van der Waals surface area contributed by atoms with Crippen LogP contribution >= 0.6 is 0 Å². The van der Waals surface area contributed by atoms with E-state index < -0.39 is 0 Å². The van der Waals surface area contributed by atoms with Crippen LogP contribution in [0, 0.1) is 17.8 Å². The van der Waals surface area contributed by atoms with Crippen molar-refractivity contribution in [3.8, 4) is 6.57 Å². The van der Waals surface area contributed by atoms with Gasteiger partial charge in [0.05, 0.1) is 0 Å². The Kier molecular flexibility index (Phi) is 15.4. The lowest BCUT2D eigenvalue weighted by molar-refractivity contribution is 0.310. The first kappa shape index (κ1) is 20.5. The molecule has 1 saturated heterocycles. The minimum absolute atomic E-state index is 1.02. The maximum atomic E-state index is 6.50. The van der Waals surface area contributed by atoms with Crippen molar-refractivity contribution in [1.82, 2.24) is 4.90 Å². The Morgan fingerprint density at radius 1 is 0.857 bits per heavy atom. The van der Waals surface area contributed by atoms with E-state index in [0.29, 0.717) is 0 Å². The van der Waals surface area contributed by atoms with Crippen molar-refractivity contribution >= 4 is 0 Å². The van der Waals surface area contributed by atoms with Gasteiger partial charge in [-0.05, 0) is 38.3 Å². The maximum absolute atomic E-state index is 6.50. The van der Waals surface area contributed by atoms with Crippen LogP contribution in [0.15, 0.2) is 0 Å². The van der Waals surface area contributed by atoms with E-state index in [1.807, 2.05) is 0 Å². The summed E-state index contributed by atoms with van der Waals surface area (Å²) in [7, 11) is 0. The molecule has 1 fully saturated rings. The molecule has 21 heavy (non-hydrogen) atoms. The summed E-state index contributed by atoms with van der Waals surface area (Å²) >= 11 is 0. The van der Waals surface area contributed by atoms with Gasteiger partial charge in [-0.2, -0.15) is 0 Å². The second kappa shape index (κ2) is 15.8. The number of nitrogens with zero attached hydrogens (tertiary/aromatic N) is 2. The molecule has 0 aromatic carbocycles. The molecular weight excluding hydrogens is 256 g/mol. The van der Waals surface area contributed by atoms with Crippen LogP contribution in [-0.4, -0.2) is 24.5 Å². The first-order chi connectivity index (χ1) is 10.4. The minimum atomic E-state index is 1.02. The maximum Gasteiger partial charge on any atom is 0.0462 e. The molecule has 1 heterocycles. The lowest BCUT2D eigenvalue weighted by atomic mass is 10.0. The summed E-state index contributed by atoms with van der Waals surface area (Å²) in [5.74, 6) is 1.02. The Morgan fingerprint density at radius 2 is 1.43 bits per heavy atom. The summed E-state index contributed by atoms with van der Waals surface area (Å²) in [4.78, 5) is 2.72. The van der Waals surface area contributed by atoms with Crippen molar-refractivity contribution in [2.75, 3.05) is 19.6 Å². The van der Waals surface area contributed by atoms with Gasteiger partial charge in [-0.25, -0.2) is 5.26 Å². The number of nitriles is 1. The lowest BCUT2D eigenvalue weighted by Gasteiger charge is -2.15. The van der Waals surface area contributed by atoms with Gasteiger partial charge in [0.2, 0.25) is 0 Å². The summed E-state index contributed by atoms with van der Waals surface area (Å²) in [6, 6.07) is 0. The molecule has 0 spiro atoms. The molecule has 1 rings (SSSR count). The fourth-order valence-electron chi connectivity index (χ4n) is 3.31. The van der Waals surface area contributed by atoms with E-state index in [2.05, 4.69) is 25.3 Å². The van der Waals surface area contributed by atoms with Gasteiger partial charge in [-0.1, -0.05) is 71.6 Å². The molecule has 1 aliphatic rings. The number of hydrogen-bond acceptors (Lipinski definition) is 2. The molecule has 0 amide bonds. The van der Waals surface area contributed by atoms with Crippen LogP contribution in [0.2, 0.25) is 0 Å². The fraction of sp³-hybridized carbons (Fsp3) is 0.947. The van der Waals surface area contributed by atoms with Crippen LogP contribution in [-0.2, 0) is 0 Å². The second-order valence-electron chi connectivity index (χ2n) is 6.57. The Balaban J connectivity index is 0.00000191. The van der Waals surface area contributed by atoms with E-state index in [1.54, 1.807) is 0 Å². The van der Waals surface area contributed by atoms with Crippen LogP contribution in [0.25, 0.3) is 0 Å². The zero-order valence-electron chi connectivity index (χ0n) is 14.7. The average molecular weight is 295 g/mol. The van der Waals surface area contributed by atoms with Crippen molar-refractivity contribution in [2.45, 2.75) is 90.9 Å². The predicted molar refractivity (Wildman–Crippen MR) is 93.4 cm³/mol. The van der Waals surface area contributed by atoms with Gasteiger partial charge in [0.25, 0.3) is 0 Å². The highest BCUT2D eigenvalue weighted by Gasteiger charge is 2.20. The van der Waals surface area contributed by atoms with E-state index >= 15 is 0 Å². The zero-order valence-corrected chi connectivity index (χ0v) is 14.7. The second-order valence-corrected chi connectivity index (χ2v) is 6.57. The van der Waals surface area contributed by atoms with E-state index in [-0.39, 0.29) is 0 Å². The van der Waals surface area contributed by atoms with Gasteiger partial charge >= 0.3 is 0 Å². The normalized spacial score (nSPS) is 18.4. The number of likely N-dealkylation sites (tertiary alicyclic amines) is 1. The van der Waals surface area contributed by atoms with Gasteiger partial charge < -0.3 is 4.90 Å². The van der Waals surface area contributed by atoms with Gasteiger partial charge in [0.15, 0.2) is 0 Å². The van der Waals surface area contributed by atoms with E-state index in [0.717, 1.165) is 5.92 Å². The van der Waals surface area contributed by atoms with Crippen molar-refractivity contribution < 1.29 is 0 Å². The summed E-state index contributed by atoms with van der Waals surface area (Å²) in [5, 5.41) is 6.50. The fourth-order valence-corrected chi connectivity index (χ4v) is 3.31. The molecule has 1 aliphatic heterocycles. The summed E-state index contributed by atoms with van der Waals surface area (Å²) in [5.41, 5.74) is 0. The molecular formula is C19H38N2. The van der Waals surface area contributed by atoms with Crippen LogP contribution in [0.5, 0.6) is 0 Å².